The fraction of sp³-hybridized carbons (Fsp3) is 0.208. The number of esters is 1. The number of carbonyl (C=O) groups is 4. The van der Waals surface area contributed by atoms with Crippen molar-refractivity contribution in [3.63, 3.8) is 0 Å². The number of benzene rings is 2. The average Bonchev–Trinajstić information content (AvgIpc) is 3.27. The summed E-state index contributed by atoms with van der Waals surface area (Å²) in [7, 11) is 0. The predicted octanol–water partition coefficient (Wildman–Crippen LogP) is 2.21. The molecule has 160 valence electrons. The Labute approximate surface area is 183 Å². The predicted molar refractivity (Wildman–Crippen MR) is 115 cm³/mol. The first kappa shape index (κ1) is 19.9. The third-order valence-electron chi connectivity index (χ3n) is 5.97. The van der Waals surface area contributed by atoms with E-state index in [2.05, 4.69) is 5.10 Å². The molecule has 5 rings (SSSR count). The molecule has 0 aromatic heterocycles. The number of hydrazone groups is 1. The Balaban J connectivity index is 1.52. The number of carbonyl (C=O) groups excluding carboxylic acids is 4. The maximum atomic E-state index is 13.5. The highest BCUT2D eigenvalue weighted by atomic mass is 16.5. The molecule has 3 aliphatic heterocycles. The number of anilines is 1. The second kappa shape index (κ2) is 7.56. The molecule has 2 fully saturated rings. The summed E-state index contributed by atoms with van der Waals surface area (Å²) in [6.07, 6.45) is 5.08. The number of rotatable bonds is 4. The smallest absolute Gasteiger partial charge is 0.308 e. The Morgan fingerprint density at radius 2 is 1.62 bits per heavy atom. The molecule has 4 atom stereocenters. The van der Waals surface area contributed by atoms with Gasteiger partial charge in [0.2, 0.25) is 11.8 Å². The molecule has 2 aromatic rings. The second-order valence-corrected chi connectivity index (χ2v) is 7.85. The Morgan fingerprint density at radius 1 is 0.938 bits per heavy atom. The summed E-state index contributed by atoms with van der Waals surface area (Å²) >= 11 is 0. The van der Waals surface area contributed by atoms with Gasteiger partial charge < -0.3 is 4.74 Å². The molecular formula is C24H19N3O5. The average molecular weight is 429 g/mol. The zero-order valence-corrected chi connectivity index (χ0v) is 17.1. The van der Waals surface area contributed by atoms with E-state index in [4.69, 9.17) is 4.74 Å². The van der Waals surface area contributed by atoms with Gasteiger partial charge in [-0.3, -0.25) is 24.2 Å². The number of nitrogens with zero attached hydrogens (tertiary/aromatic N) is 3. The number of ether oxygens (including phenoxy) is 1. The fourth-order valence-electron chi connectivity index (χ4n) is 4.69. The van der Waals surface area contributed by atoms with E-state index in [1.54, 1.807) is 59.8 Å². The van der Waals surface area contributed by atoms with Crippen LogP contribution in [-0.4, -0.2) is 46.9 Å². The van der Waals surface area contributed by atoms with E-state index in [9.17, 15) is 19.2 Å². The SMILES string of the molecule is CC(=O)Oc1ccc(C(=O)C2C3C(=O)N(c4ccccc4)C(=O)C3C3C=CC=NN32)cc1. The summed E-state index contributed by atoms with van der Waals surface area (Å²) in [6.45, 7) is 1.29. The van der Waals surface area contributed by atoms with Crippen LogP contribution in [0.4, 0.5) is 5.69 Å². The van der Waals surface area contributed by atoms with E-state index in [0.717, 1.165) is 0 Å². The lowest BCUT2D eigenvalue weighted by molar-refractivity contribution is -0.132. The topological polar surface area (TPSA) is 96.3 Å². The van der Waals surface area contributed by atoms with Gasteiger partial charge in [-0.15, -0.1) is 0 Å². The van der Waals surface area contributed by atoms with Gasteiger partial charge in [-0.25, -0.2) is 4.90 Å². The van der Waals surface area contributed by atoms with Gasteiger partial charge >= 0.3 is 5.97 Å². The molecule has 3 heterocycles. The van der Waals surface area contributed by atoms with Gasteiger partial charge in [0, 0.05) is 18.7 Å². The van der Waals surface area contributed by atoms with Crippen LogP contribution in [0.1, 0.15) is 17.3 Å². The molecule has 0 spiro atoms. The molecule has 2 saturated heterocycles. The molecule has 0 bridgehead atoms. The van der Waals surface area contributed by atoms with Crippen LogP contribution in [-0.2, 0) is 14.4 Å². The van der Waals surface area contributed by atoms with Crippen molar-refractivity contribution in [2.24, 2.45) is 16.9 Å². The second-order valence-electron chi connectivity index (χ2n) is 7.85. The number of imide groups is 1. The van der Waals surface area contributed by atoms with E-state index < -0.39 is 35.8 Å². The van der Waals surface area contributed by atoms with Gasteiger partial charge in [-0.05, 0) is 42.5 Å². The number of allylic oxidation sites excluding steroid dienone is 1. The number of amides is 2. The van der Waals surface area contributed by atoms with E-state index in [-0.39, 0.29) is 11.7 Å². The Morgan fingerprint density at radius 3 is 2.31 bits per heavy atom. The van der Waals surface area contributed by atoms with Crippen molar-refractivity contribution in [3.8, 4) is 5.75 Å². The molecule has 32 heavy (non-hydrogen) atoms. The lowest BCUT2D eigenvalue weighted by atomic mass is 9.86. The normalized spacial score (nSPS) is 25.7. The number of hydrogen-bond acceptors (Lipinski definition) is 7. The van der Waals surface area contributed by atoms with Crippen molar-refractivity contribution in [2.75, 3.05) is 4.90 Å². The van der Waals surface area contributed by atoms with Gasteiger partial charge in [0.15, 0.2) is 5.78 Å². The summed E-state index contributed by atoms with van der Waals surface area (Å²) in [5, 5.41) is 5.90. The van der Waals surface area contributed by atoms with Crippen LogP contribution < -0.4 is 9.64 Å². The third-order valence-corrected chi connectivity index (χ3v) is 5.97. The minimum Gasteiger partial charge on any atom is -0.427 e. The summed E-state index contributed by atoms with van der Waals surface area (Å²) in [5.41, 5.74) is 0.831. The minimum atomic E-state index is -0.920. The van der Waals surface area contributed by atoms with E-state index >= 15 is 0 Å². The zero-order valence-electron chi connectivity index (χ0n) is 17.1. The highest BCUT2D eigenvalue weighted by Crippen LogP contribution is 2.46. The number of fused-ring (bicyclic) bond motifs is 3. The van der Waals surface area contributed by atoms with Crippen LogP contribution in [0.25, 0.3) is 0 Å². The fourth-order valence-corrected chi connectivity index (χ4v) is 4.69. The molecule has 0 saturated carbocycles. The van der Waals surface area contributed by atoms with Crippen LogP contribution in [0.3, 0.4) is 0 Å². The monoisotopic (exact) mass is 429 g/mol. The highest BCUT2D eigenvalue weighted by Gasteiger charge is 2.64. The molecule has 0 N–H and O–H groups in total. The number of Topliss-reactive ketones (excluding diaryl/α,β-unsaturated/α-hetero) is 1. The van der Waals surface area contributed by atoms with Crippen LogP contribution >= 0.6 is 0 Å². The third kappa shape index (κ3) is 3.03. The molecule has 2 amide bonds. The van der Waals surface area contributed by atoms with Gasteiger partial charge in [-0.1, -0.05) is 24.3 Å². The van der Waals surface area contributed by atoms with Crippen molar-refractivity contribution in [2.45, 2.75) is 19.0 Å². The minimum absolute atomic E-state index is 0.317. The van der Waals surface area contributed by atoms with Gasteiger partial charge in [0.1, 0.15) is 11.8 Å². The zero-order chi connectivity index (χ0) is 22.4. The van der Waals surface area contributed by atoms with Crippen molar-refractivity contribution in [3.05, 3.63) is 72.3 Å². The Bertz CT molecular complexity index is 1170. The van der Waals surface area contributed by atoms with Crippen LogP contribution in [0.5, 0.6) is 5.75 Å². The maximum absolute atomic E-state index is 13.5. The van der Waals surface area contributed by atoms with Crippen molar-refractivity contribution in [1.82, 2.24) is 5.01 Å². The molecule has 8 heteroatoms. The molecule has 3 aliphatic rings. The number of para-hydroxylation sites is 1. The van der Waals surface area contributed by atoms with Gasteiger partial charge in [-0.2, -0.15) is 5.10 Å². The quantitative estimate of drug-likeness (QED) is 0.320. The van der Waals surface area contributed by atoms with E-state index in [1.807, 2.05) is 6.07 Å². The largest absolute Gasteiger partial charge is 0.427 e. The first-order chi connectivity index (χ1) is 15.5. The van der Waals surface area contributed by atoms with Crippen molar-refractivity contribution in [1.29, 1.82) is 0 Å². The first-order valence-electron chi connectivity index (χ1n) is 10.2. The van der Waals surface area contributed by atoms with Gasteiger partial charge in [0.05, 0.1) is 23.6 Å². The summed E-state index contributed by atoms with van der Waals surface area (Å²) in [5.74, 6) is -2.75. The molecule has 0 aliphatic carbocycles. The highest BCUT2D eigenvalue weighted by molar-refractivity contribution is 6.24. The Kier molecular flexibility index (Phi) is 4.70. The van der Waals surface area contributed by atoms with Crippen LogP contribution in [0, 0.1) is 11.8 Å². The van der Waals surface area contributed by atoms with Crippen molar-refractivity contribution < 1.29 is 23.9 Å². The summed E-state index contributed by atoms with van der Waals surface area (Å²) in [4.78, 5) is 52.7. The lowest BCUT2D eigenvalue weighted by Gasteiger charge is -2.30. The van der Waals surface area contributed by atoms with E-state index in [0.29, 0.717) is 17.0 Å². The van der Waals surface area contributed by atoms with E-state index in [1.165, 1.54) is 24.0 Å². The Hall–Kier alpha value is -4.07. The maximum Gasteiger partial charge on any atom is 0.308 e. The van der Waals surface area contributed by atoms with Gasteiger partial charge in [0.25, 0.3) is 0 Å². The molecular weight excluding hydrogens is 410 g/mol. The molecule has 0 radical (unpaired) electrons. The van der Waals surface area contributed by atoms with Crippen LogP contribution in [0.2, 0.25) is 0 Å². The molecule has 2 aromatic carbocycles. The summed E-state index contributed by atoms with van der Waals surface area (Å²) in [6, 6.07) is 13.5. The summed E-state index contributed by atoms with van der Waals surface area (Å²) < 4.78 is 5.03. The number of ketones is 1. The standard InChI is InChI=1S/C24H19N3O5/c1-14(28)32-17-11-9-15(10-12-17)22(29)21-20-19(18-8-5-13-25-27(18)21)23(30)26(24(20)31)16-6-3-2-4-7-16/h2-13,18-21H,1H3. The molecule has 8 nitrogen and oxygen atoms in total. The first-order valence-corrected chi connectivity index (χ1v) is 10.2. The molecule has 4 unspecified atom stereocenters. The lowest BCUT2D eigenvalue weighted by Crippen LogP contribution is -2.46. The number of hydrogen-bond donors (Lipinski definition) is 0. The van der Waals surface area contributed by atoms with Crippen LogP contribution in [0.15, 0.2) is 71.9 Å². The van der Waals surface area contributed by atoms with Crippen molar-refractivity contribution >= 4 is 35.5 Å².